The van der Waals surface area contributed by atoms with Crippen LogP contribution in [-0.2, 0) is 19.5 Å². The van der Waals surface area contributed by atoms with Gasteiger partial charge in [0, 0.05) is 32.6 Å². The van der Waals surface area contributed by atoms with E-state index in [0.717, 1.165) is 33.1 Å². The Hall–Kier alpha value is -6.24. The summed E-state index contributed by atoms with van der Waals surface area (Å²) in [6.45, 7) is 0. The van der Waals surface area contributed by atoms with Crippen LogP contribution in [0.25, 0.3) is 127 Å². The number of benzene rings is 8. The van der Waals surface area contributed by atoms with E-state index < -0.39 is 0 Å². The zero-order valence-corrected chi connectivity index (χ0v) is 34.9. The van der Waals surface area contributed by atoms with E-state index in [0.29, 0.717) is 0 Å². The van der Waals surface area contributed by atoms with Gasteiger partial charge in [0.1, 0.15) is 0 Å². The first-order chi connectivity index (χ1) is 27.8. The zero-order chi connectivity index (χ0) is 36.5. The maximum absolute atomic E-state index is 5.11. The molecule has 7 heteroatoms. The number of nitrogens with zero attached hydrogens (tertiary/aromatic N) is 4. The minimum absolute atomic E-state index is 0. The molecular formula is C50H26N4S2Zn. The Morgan fingerprint density at radius 3 is 1.16 bits per heavy atom. The summed E-state index contributed by atoms with van der Waals surface area (Å²) >= 11 is 3.61. The molecule has 0 fully saturated rings. The van der Waals surface area contributed by atoms with Gasteiger partial charge in [-0.3, -0.25) is 9.97 Å². The van der Waals surface area contributed by atoms with Crippen molar-refractivity contribution < 1.29 is 19.5 Å². The molecule has 4 nitrogen and oxygen atoms in total. The molecule has 14 rings (SSSR count). The van der Waals surface area contributed by atoms with Gasteiger partial charge in [0.25, 0.3) is 0 Å². The molecule has 0 bridgehead atoms. The zero-order valence-electron chi connectivity index (χ0n) is 30.3. The monoisotopic (exact) mass is 810 g/mol. The van der Waals surface area contributed by atoms with Crippen molar-refractivity contribution in [1.82, 2.24) is 19.9 Å². The number of aromatic nitrogens is 4. The molecule has 6 aromatic heterocycles. The molecule has 0 atom stereocenters. The third-order valence-corrected chi connectivity index (χ3v) is 13.7. The Morgan fingerprint density at radius 2 is 0.702 bits per heavy atom. The van der Waals surface area contributed by atoms with E-state index in [4.69, 9.17) is 19.9 Å². The van der Waals surface area contributed by atoms with E-state index in [2.05, 4.69) is 133 Å². The molecule has 0 N–H and O–H groups in total. The van der Waals surface area contributed by atoms with Gasteiger partial charge in [-0.15, -0.1) is 44.7 Å². The van der Waals surface area contributed by atoms with Crippen LogP contribution in [0.2, 0.25) is 0 Å². The van der Waals surface area contributed by atoms with Crippen LogP contribution >= 0.6 is 22.7 Å². The number of rotatable bonds is 0. The Morgan fingerprint density at radius 1 is 0.316 bits per heavy atom. The van der Waals surface area contributed by atoms with Crippen molar-refractivity contribution in [3.05, 3.63) is 158 Å². The summed E-state index contributed by atoms with van der Waals surface area (Å²) < 4.78 is 4.99. The van der Waals surface area contributed by atoms with Gasteiger partial charge < -0.3 is 9.97 Å². The number of pyridine rings is 2. The van der Waals surface area contributed by atoms with Crippen LogP contribution < -0.4 is 9.97 Å². The maximum atomic E-state index is 5.11. The Labute approximate surface area is 345 Å². The van der Waals surface area contributed by atoms with E-state index in [9.17, 15) is 0 Å². The molecule has 57 heavy (non-hydrogen) atoms. The average molecular weight is 812 g/mol. The van der Waals surface area contributed by atoms with Crippen molar-refractivity contribution >= 4 is 150 Å². The van der Waals surface area contributed by atoms with Gasteiger partial charge in [-0.05, 0) is 101 Å². The standard InChI is InChI=1S/2C25H13N2S.Zn/c2*1-2-7-15-14(6-1)16-11-12-19-23(24-20(28-19)10-5-13-26-24)22(16)25-21(15)17-8-3-4-9-18(17)27-25;/h2*1-13H;/q2*-1;+2. The summed E-state index contributed by atoms with van der Waals surface area (Å²) in [5.74, 6) is 0. The molecule has 6 heterocycles. The van der Waals surface area contributed by atoms with Gasteiger partial charge in [0.2, 0.25) is 0 Å². The predicted molar refractivity (Wildman–Crippen MR) is 241 cm³/mol. The van der Waals surface area contributed by atoms with Crippen LogP contribution in [0, 0.1) is 0 Å². The fourth-order valence-corrected chi connectivity index (χ4v) is 11.4. The van der Waals surface area contributed by atoms with Crippen LogP contribution in [-0.4, -0.2) is 9.97 Å². The predicted octanol–water partition coefficient (Wildman–Crippen LogP) is 14.0. The Balaban J connectivity index is 0.000000123. The second-order valence-electron chi connectivity index (χ2n) is 14.4. The van der Waals surface area contributed by atoms with E-state index in [1.807, 2.05) is 47.2 Å². The first-order valence-electron chi connectivity index (χ1n) is 18.7. The SMILES string of the molecule is [Zn+2].c1ccc2c(c1)[n-]c1c2c2ccccc2c2ccc3sc4cccnc4c3c21.c1ccc2c(c1)[n-]c1c2c2ccccc2c2ccc3sc4cccnc4c3c21. The normalized spacial score (nSPS) is 12.1. The fraction of sp³-hybridized carbons (Fsp3) is 0. The van der Waals surface area contributed by atoms with Crippen molar-refractivity contribution in [2.24, 2.45) is 0 Å². The van der Waals surface area contributed by atoms with Gasteiger partial charge >= 0.3 is 19.5 Å². The smallest absolute Gasteiger partial charge is 0.656 e. The van der Waals surface area contributed by atoms with Gasteiger partial charge in [-0.1, -0.05) is 109 Å². The number of fused-ring (bicyclic) bond motifs is 24. The minimum atomic E-state index is 0. The third kappa shape index (κ3) is 4.56. The van der Waals surface area contributed by atoms with Crippen LogP contribution in [0.3, 0.4) is 0 Å². The number of thiophene rings is 2. The molecule has 260 valence electrons. The van der Waals surface area contributed by atoms with Gasteiger partial charge in [-0.2, -0.15) is 0 Å². The number of hydrogen-bond donors (Lipinski definition) is 0. The van der Waals surface area contributed by atoms with E-state index in [1.54, 1.807) is 0 Å². The molecule has 0 saturated carbocycles. The van der Waals surface area contributed by atoms with E-state index in [-0.39, 0.29) is 19.5 Å². The molecule has 0 aliphatic heterocycles. The fourth-order valence-electron chi connectivity index (χ4n) is 9.26. The molecule has 8 aromatic carbocycles. The van der Waals surface area contributed by atoms with Crippen molar-refractivity contribution in [1.29, 1.82) is 0 Å². The molecule has 0 aliphatic carbocycles. The molecule has 0 aliphatic rings. The molecule has 0 spiro atoms. The van der Waals surface area contributed by atoms with Crippen LogP contribution in [0.4, 0.5) is 0 Å². The van der Waals surface area contributed by atoms with Crippen molar-refractivity contribution in [2.75, 3.05) is 0 Å². The Kier molecular flexibility index (Phi) is 7.16. The van der Waals surface area contributed by atoms with Gasteiger partial charge in [0.15, 0.2) is 0 Å². The Bertz CT molecular complexity index is 3710. The van der Waals surface area contributed by atoms with Crippen molar-refractivity contribution in [3.63, 3.8) is 0 Å². The van der Waals surface area contributed by atoms with Crippen LogP contribution in [0.1, 0.15) is 0 Å². The number of hydrogen-bond acceptors (Lipinski definition) is 4. The largest absolute Gasteiger partial charge is 2.00 e. The number of para-hydroxylation sites is 2. The summed E-state index contributed by atoms with van der Waals surface area (Å²) in [6.07, 6.45) is 3.78. The second kappa shape index (κ2) is 12.4. The second-order valence-corrected chi connectivity index (χ2v) is 16.6. The minimum Gasteiger partial charge on any atom is -0.656 e. The summed E-state index contributed by atoms with van der Waals surface area (Å²) in [7, 11) is 0. The first kappa shape index (κ1) is 33.0. The average Bonchev–Trinajstić information content (AvgIpc) is 4.04. The molecule has 0 amide bonds. The molecule has 0 radical (unpaired) electrons. The third-order valence-electron chi connectivity index (χ3n) is 11.5. The maximum Gasteiger partial charge on any atom is 2.00 e. The molecule has 0 saturated heterocycles. The molecule has 14 aromatic rings. The van der Waals surface area contributed by atoms with E-state index in [1.165, 1.54) is 94.2 Å². The molecular weight excluding hydrogens is 786 g/mol. The van der Waals surface area contributed by atoms with Gasteiger partial charge in [0.05, 0.1) is 20.4 Å². The van der Waals surface area contributed by atoms with Crippen molar-refractivity contribution in [3.8, 4) is 0 Å². The molecule has 0 unspecified atom stereocenters. The van der Waals surface area contributed by atoms with Crippen molar-refractivity contribution in [2.45, 2.75) is 0 Å². The quantitative estimate of drug-likeness (QED) is 0.113. The first-order valence-corrected chi connectivity index (χ1v) is 20.3. The van der Waals surface area contributed by atoms with E-state index >= 15 is 0 Å². The summed E-state index contributed by atoms with van der Waals surface area (Å²) in [4.78, 5) is 19.7. The van der Waals surface area contributed by atoms with Crippen LogP contribution in [0.5, 0.6) is 0 Å². The summed E-state index contributed by atoms with van der Waals surface area (Å²) in [6, 6.07) is 51.7. The summed E-state index contributed by atoms with van der Waals surface area (Å²) in [5, 5.41) is 17.5. The topological polar surface area (TPSA) is 54.0 Å². The van der Waals surface area contributed by atoms with Gasteiger partial charge in [-0.25, -0.2) is 0 Å². The van der Waals surface area contributed by atoms with Crippen LogP contribution in [0.15, 0.2) is 158 Å². The summed E-state index contributed by atoms with van der Waals surface area (Å²) in [5.41, 5.74) is 6.45.